The largest absolute Gasteiger partial charge is 0.214 e. The van der Waals surface area contributed by atoms with E-state index in [0.717, 1.165) is 9.52 Å². The summed E-state index contributed by atoms with van der Waals surface area (Å²) < 4.78 is 0. The molecule has 5 radical (unpaired) electrons. The van der Waals surface area contributed by atoms with Gasteiger partial charge in [0.25, 0.3) is 0 Å². The van der Waals surface area contributed by atoms with E-state index < -0.39 is 0 Å². The van der Waals surface area contributed by atoms with Crippen molar-refractivity contribution in [3.63, 3.8) is 0 Å². The summed E-state index contributed by atoms with van der Waals surface area (Å²) in [5.74, 6) is 0. The van der Waals surface area contributed by atoms with E-state index in [1.807, 2.05) is 30.3 Å². The molecule has 113 valence electrons. The molecule has 0 aliphatic rings. The molecule has 0 heterocycles. The van der Waals surface area contributed by atoms with Crippen molar-refractivity contribution in [3.05, 3.63) is 84.9 Å². The number of rotatable bonds is 0. The fourth-order valence-electron chi connectivity index (χ4n) is 2.22. The maximum absolute atomic E-state index is 2.24. The standard InChI is InChI=1S/C13H9.C5H5.C2H6Si.B.Nd/c1-3-7-12-10(5-1)9-11-6-2-4-8-13(11)12;1-2-4-5-3-1;1-3-2;;/h1-9H;1-5H;1-2H3;;/q2*-1;;;. The first kappa shape index (κ1) is 22.3. The molecule has 4 aromatic carbocycles. The van der Waals surface area contributed by atoms with Crippen LogP contribution in [0.3, 0.4) is 0 Å². The molecule has 0 atom stereocenters. The Labute approximate surface area is 176 Å². The van der Waals surface area contributed by atoms with Gasteiger partial charge in [0.05, 0.1) is 0 Å². The minimum absolute atomic E-state index is 0. The molecule has 3 heteroatoms. The molecule has 0 N–H and O–H groups in total. The van der Waals surface area contributed by atoms with Gasteiger partial charge in [-0.15, -0.1) is 39.7 Å². The molecular formula is C20H20BNdSi-2. The van der Waals surface area contributed by atoms with Gasteiger partial charge in [0, 0.05) is 58.8 Å². The molecule has 0 amide bonds. The van der Waals surface area contributed by atoms with Crippen molar-refractivity contribution < 1.29 is 40.8 Å². The van der Waals surface area contributed by atoms with Crippen LogP contribution in [-0.2, 0) is 0 Å². The Morgan fingerprint density at radius 2 is 1.09 bits per heavy atom. The van der Waals surface area contributed by atoms with E-state index in [1.54, 1.807) is 0 Å². The average molecular weight is 444 g/mol. The molecule has 0 aliphatic heterocycles. The third kappa shape index (κ3) is 6.74. The quantitative estimate of drug-likeness (QED) is 0.248. The molecule has 0 unspecified atom stereocenters. The van der Waals surface area contributed by atoms with Crippen LogP contribution in [0.1, 0.15) is 0 Å². The van der Waals surface area contributed by atoms with Crippen LogP contribution in [0, 0.1) is 40.8 Å². The van der Waals surface area contributed by atoms with Crippen LogP contribution in [0.15, 0.2) is 84.9 Å². The molecule has 0 saturated carbocycles. The van der Waals surface area contributed by atoms with Crippen LogP contribution in [0.4, 0.5) is 0 Å². The first-order chi connectivity index (χ1) is 10.4. The van der Waals surface area contributed by atoms with Gasteiger partial charge < -0.3 is 0 Å². The first-order valence-electron chi connectivity index (χ1n) is 7.15. The Bertz CT molecular complexity index is 692. The summed E-state index contributed by atoms with van der Waals surface area (Å²) >= 11 is 0. The molecule has 0 aromatic heterocycles. The van der Waals surface area contributed by atoms with E-state index in [9.17, 15) is 0 Å². The van der Waals surface area contributed by atoms with Crippen LogP contribution in [0.2, 0.25) is 13.1 Å². The van der Waals surface area contributed by atoms with E-state index in [2.05, 4.69) is 67.7 Å². The predicted octanol–water partition coefficient (Wildman–Crippen LogP) is 5.52. The van der Waals surface area contributed by atoms with Gasteiger partial charge in [-0.2, -0.15) is 18.2 Å². The van der Waals surface area contributed by atoms with Crippen molar-refractivity contribution in [1.82, 2.24) is 0 Å². The molecule has 23 heavy (non-hydrogen) atoms. The fourth-order valence-corrected chi connectivity index (χ4v) is 2.22. The molecule has 0 bridgehead atoms. The van der Waals surface area contributed by atoms with Crippen LogP contribution in [-0.4, -0.2) is 17.9 Å². The van der Waals surface area contributed by atoms with Crippen LogP contribution in [0.25, 0.3) is 21.5 Å². The van der Waals surface area contributed by atoms with Crippen LogP contribution >= 0.6 is 0 Å². The van der Waals surface area contributed by atoms with Gasteiger partial charge in [0.2, 0.25) is 0 Å². The van der Waals surface area contributed by atoms with Crippen LogP contribution in [0.5, 0.6) is 0 Å². The van der Waals surface area contributed by atoms with Gasteiger partial charge in [-0.25, -0.2) is 12.1 Å². The van der Waals surface area contributed by atoms with Gasteiger partial charge in [-0.05, 0) is 0 Å². The summed E-state index contributed by atoms with van der Waals surface area (Å²) in [5, 5.41) is 5.39. The molecule has 0 fully saturated rings. The summed E-state index contributed by atoms with van der Waals surface area (Å²) in [4.78, 5) is 0. The Morgan fingerprint density at radius 1 is 0.696 bits per heavy atom. The molecule has 4 rings (SSSR count). The topological polar surface area (TPSA) is 0 Å². The molecule has 0 spiro atoms. The number of benzene rings is 2. The van der Waals surface area contributed by atoms with Gasteiger partial charge in [-0.3, -0.25) is 0 Å². The van der Waals surface area contributed by atoms with E-state index in [-0.39, 0.29) is 49.3 Å². The van der Waals surface area contributed by atoms with Gasteiger partial charge in [0.1, 0.15) is 0 Å². The third-order valence-corrected chi connectivity index (χ3v) is 3.08. The van der Waals surface area contributed by atoms with Crippen molar-refractivity contribution in [2.24, 2.45) is 0 Å². The SMILES string of the molecule is C[Si]C.[B].[Nd].c1cc[cH-]c1.c1ccc2c(c1)[cH-]c1ccccc12. The Hall–Kier alpha value is -0.708. The normalized spacial score (nSPS) is 8.78. The molecule has 4 aromatic rings. The van der Waals surface area contributed by atoms with E-state index in [4.69, 9.17) is 0 Å². The third-order valence-electron chi connectivity index (χ3n) is 3.08. The van der Waals surface area contributed by atoms with Gasteiger partial charge >= 0.3 is 0 Å². The Balaban J connectivity index is 0.000000413. The molecule has 0 aliphatic carbocycles. The van der Waals surface area contributed by atoms with Gasteiger partial charge in [-0.1, -0.05) is 49.5 Å². The average Bonchev–Trinajstić information content (AvgIpc) is 3.19. The predicted molar refractivity (Wildman–Crippen MR) is 102 cm³/mol. The van der Waals surface area contributed by atoms with Crippen molar-refractivity contribution in [2.75, 3.05) is 0 Å². The van der Waals surface area contributed by atoms with Crippen molar-refractivity contribution >= 4 is 39.5 Å². The smallest absolute Gasteiger partial charge is 0.0307 e. The van der Waals surface area contributed by atoms with Gasteiger partial charge in [0.15, 0.2) is 0 Å². The zero-order valence-electron chi connectivity index (χ0n) is 13.7. The maximum atomic E-state index is 2.24. The number of hydrogen-bond acceptors (Lipinski definition) is 0. The van der Waals surface area contributed by atoms with E-state index in [1.165, 1.54) is 21.5 Å². The summed E-state index contributed by atoms with van der Waals surface area (Å²) in [6.45, 7) is 4.31. The zero-order valence-corrected chi connectivity index (χ0v) is 17.9. The second-order valence-electron chi connectivity index (χ2n) is 4.78. The summed E-state index contributed by atoms with van der Waals surface area (Å²) in [6, 6.07) is 29.3. The van der Waals surface area contributed by atoms with Crippen molar-refractivity contribution in [2.45, 2.75) is 13.1 Å². The Morgan fingerprint density at radius 3 is 1.43 bits per heavy atom. The van der Waals surface area contributed by atoms with E-state index >= 15 is 0 Å². The monoisotopic (exact) mass is 441 g/mol. The molecular weight excluding hydrogens is 423 g/mol. The fraction of sp³-hybridized carbons (Fsp3) is 0.100. The summed E-state index contributed by atoms with van der Waals surface area (Å²) in [7, 11) is 1.08. The summed E-state index contributed by atoms with van der Waals surface area (Å²) in [6.07, 6.45) is 0. The Kier molecular flexibility index (Phi) is 12.3. The second kappa shape index (κ2) is 12.7. The molecule has 0 saturated heterocycles. The second-order valence-corrected chi connectivity index (χ2v) is 5.78. The van der Waals surface area contributed by atoms with Crippen molar-refractivity contribution in [3.8, 4) is 0 Å². The minimum Gasteiger partial charge on any atom is -0.214 e. The first-order valence-corrected chi connectivity index (χ1v) is 9.15. The van der Waals surface area contributed by atoms with Crippen molar-refractivity contribution in [1.29, 1.82) is 0 Å². The minimum atomic E-state index is 0. The number of fused-ring (bicyclic) bond motifs is 3. The number of hydrogen-bond donors (Lipinski definition) is 0. The molecule has 0 nitrogen and oxygen atoms in total. The van der Waals surface area contributed by atoms with E-state index in [0.29, 0.717) is 0 Å². The zero-order chi connectivity index (χ0) is 14.9. The van der Waals surface area contributed by atoms with Crippen LogP contribution < -0.4 is 0 Å². The summed E-state index contributed by atoms with van der Waals surface area (Å²) in [5.41, 5.74) is 0. The maximum Gasteiger partial charge on any atom is 0.0307 e.